The van der Waals surface area contributed by atoms with Gasteiger partial charge in [-0.05, 0) is 31.2 Å². The van der Waals surface area contributed by atoms with Crippen LogP contribution < -0.4 is 14.4 Å². The van der Waals surface area contributed by atoms with Crippen molar-refractivity contribution >= 4 is 15.8 Å². The molecule has 1 aromatic heterocycles. The number of hydrogen-bond acceptors (Lipinski definition) is 7. The second-order valence-corrected chi connectivity index (χ2v) is 9.11. The van der Waals surface area contributed by atoms with Crippen LogP contribution in [0.5, 0.6) is 17.4 Å². The number of rotatable bonds is 6. The van der Waals surface area contributed by atoms with E-state index >= 15 is 0 Å². The van der Waals surface area contributed by atoms with Crippen LogP contribution in [-0.4, -0.2) is 55.5 Å². The molecule has 0 aliphatic carbocycles. The van der Waals surface area contributed by atoms with Gasteiger partial charge in [0.15, 0.2) is 0 Å². The van der Waals surface area contributed by atoms with Gasteiger partial charge in [-0.15, -0.1) is 0 Å². The maximum absolute atomic E-state index is 13.0. The molecule has 31 heavy (non-hydrogen) atoms. The molecule has 0 spiro atoms. The van der Waals surface area contributed by atoms with E-state index in [4.69, 9.17) is 9.47 Å². The lowest BCUT2D eigenvalue weighted by Crippen LogP contribution is -2.54. The molecule has 1 fully saturated rings. The average molecular weight is 441 g/mol. The van der Waals surface area contributed by atoms with E-state index in [1.807, 2.05) is 30.0 Å². The summed E-state index contributed by atoms with van der Waals surface area (Å²) >= 11 is 0. The van der Waals surface area contributed by atoms with Gasteiger partial charge in [0.05, 0.1) is 12.0 Å². The fourth-order valence-corrected chi connectivity index (χ4v) is 5.21. The van der Waals surface area contributed by atoms with E-state index in [-0.39, 0.29) is 6.04 Å². The van der Waals surface area contributed by atoms with Crippen molar-refractivity contribution in [3.8, 4) is 17.4 Å². The number of sulfonamides is 1. The Morgan fingerprint density at radius 3 is 2.48 bits per heavy atom. The molecule has 3 aromatic rings. The minimum atomic E-state index is -3.53. The molecular weight excluding hydrogens is 416 g/mol. The second-order valence-electron chi connectivity index (χ2n) is 7.22. The Balaban J connectivity index is 1.48. The Bertz CT molecular complexity index is 1140. The van der Waals surface area contributed by atoms with Crippen molar-refractivity contribution in [1.29, 1.82) is 0 Å². The summed E-state index contributed by atoms with van der Waals surface area (Å²) < 4.78 is 38.6. The fraction of sp³-hybridized carbons (Fsp3) is 0.273. The van der Waals surface area contributed by atoms with E-state index in [1.165, 1.54) is 6.33 Å². The number of methoxy groups -OCH3 is 1. The van der Waals surface area contributed by atoms with Gasteiger partial charge in [0.2, 0.25) is 15.9 Å². The van der Waals surface area contributed by atoms with Gasteiger partial charge < -0.3 is 14.4 Å². The number of hydrogen-bond donors (Lipinski definition) is 0. The summed E-state index contributed by atoms with van der Waals surface area (Å²) in [6.07, 6.45) is 1.45. The van der Waals surface area contributed by atoms with Gasteiger partial charge in [0.1, 0.15) is 23.6 Å². The molecule has 0 amide bonds. The lowest BCUT2D eigenvalue weighted by molar-refractivity contribution is 0.305. The fourth-order valence-electron chi connectivity index (χ4n) is 3.58. The Hall–Kier alpha value is -3.17. The second kappa shape index (κ2) is 8.91. The molecule has 0 unspecified atom stereocenters. The summed E-state index contributed by atoms with van der Waals surface area (Å²) in [5.41, 5.74) is 0. The highest BCUT2D eigenvalue weighted by atomic mass is 32.2. The summed E-state index contributed by atoms with van der Waals surface area (Å²) in [5, 5.41) is 0. The van der Waals surface area contributed by atoms with Crippen molar-refractivity contribution in [2.24, 2.45) is 0 Å². The molecule has 1 aliphatic heterocycles. The first-order chi connectivity index (χ1) is 15.0. The van der Waals surface area contributed by atoms with Crippen molar-refractivity contribution in [3.05, 3.63) is 67.0 Å². The third-order valence-electron chi connectivity index (χ3n) is 5.13. The van der Waals surface area contributed by atoms with E-state index in [2.05, 4.69) is 9.97 Å². The molecule has 0 saturated carbocycles. The van der Waals surface area contributed by atoms with Gasteiger partial charge in [0.25, 0.3) is 0 Å². The van der Waals surface area contributed by atoms with Crippen molar-refractivity contribution in [2.45, 2.75) is 17.9 Å². The number of benzene rings is 2. The zero-order chi connectivity index (χ0) is 21.8. The first-order valence-electron chi connectivity index (χ1n) is 9.93. The summed E-state index contributed by atoms with van der Waals surface area (Å²) in [5.74, 6) is 2.40. The average Bonchev–Trinajstić information content (AvgIpc) is 2.80. The first-order valence-corrected chi connectivity index (χ1v) is 11.4. The minimum Gasteiger partial charge on any atom is -0.497 e. The van der Waals surface area contributed by atoms with Crippen LogP contribution in [0.15, 0.2) is 71.9 Å². The predicted octanol–water partition coefficient (Wildman–Crippen LogP) is 3.18. The van der Waals surface area contributed by atoms with Gasteiger partial charge in [-0.3, -0.25) is 0 Å². The Morgan fingerprint density at radius 2 is 1.74 bits per heavy atom. The van der Waals surface area contributed by atoms with E-state index in [9.17, 15) is 8.42 Å². The van der Waals surface area contributed by atoms with Crippen LogP contribution in [0, 0.1) is 0 Å². The summed E-state index contributed by atoms with van der Waals surface area (Å²) in [7, 11) is -1.94. The van der Waals surface area contributed by atoms with Crippen LogP contribution in [0.2, 0.25) is 0 Å². The highest BCUT2D eigenvalue weighted by Crippen LogP contribution is 2.27. The molecule has 162 valence electrons. The topological polar surface area (TPSA) is 84.9 Å². The molecular formula is C22H24N4O4S. The SMILES string of the molecule is COc1cccc(Oc2cc(N3CCN(S(=O)(=O)c4ccccc4)[C@@H](C)C3)ncn2)c1. The molecule has 4 rings (SSSR count). The van der Waals surface area contributed by atoms with Gasteiger partial charge in [0, 0.05) is 37.8 Å². The molecule has 2 aromatic carbocycles. The van der Waals surface area contributed by atoms with E-state index in [0.29, 0.717) is 47.7 Å². The van der Waals surface area contributed by atoms with E-state index in [0.717, 1.165) is 0 Å². The van der Waals surface area contributed by atoms with Crippen LogP contribution in [0.4, 0.5) is 5.82 Å². The van der Waals surface area contributed by atoms with Crippen molar-refractivity contribution in [1.82, 2.24) is 14.3 Å². The van der Waals surface area contributed by atoms with Gasteiger partial charge in [-0.1, -0.05) is 24.3 Å². The van der Waals surface area contributed by atoms with Crippen LogP contribution in [0.3, 0.4) is 0 Å². The van der Waals surface area contributed by atoms with Gasteiger partial charge in [-0.2, -0.15) is 4.31 Å². The van der Waals surface area contributed by atoms with Crippen molar-refractivity contribution in [3.63, 3.8) is 0 Å². The largest absolute Gasteiger partial charge is 0.497 e. The summed E-state index contributed by atoms with van der Waals surface area (Å²) in [4.78, 5) is 10.9. The Kier molecular flexibility index (Phi) is 6.06. The third-order valence-corrected chi connectivity index (χ3v) is 7.16. The predicted molar refractivity (Wildman–Crippen MR) is 117 cm³/mol. The Labute approximate surface area is 182 Å². The molecule has 9 heteroatoms. The van der Waals surface area contributed by atoms with Crippen LogP contribution in [0.1, 0.15) is 6.92 Å². The molecule has 0 bridgehead atoms. The number of ether oxygens (including phenoxy) is 2. The minimum absolute atomic E-state index is 0.211. The number of nitrogens with zero attached hydrogens (tertiary/aromatic N) is 4. The first kappa shape index (κ1) is 21.1. The lowest BCUT2D eigenvalue weighted by Gasteiger charge is -2.39. The van der Waals surface area contributed by atoms with E-state index in [1.54, 1.807) is 53.9 Å². The number of anilines is 1. The molecule has 1 aliphatic rings. The normalized spacial score (nSPS) is 17.4. The maximum Gasteiger partial charge on any atom is 0.243 e. The van der Waals surface area contributed by atoms with Crippen LogP contribution in [-0.2, 0) is 10.0 Å². The van der Waals surface area contributed by atoms with Gasteiger partial charge in [-0.25, -0.2) is 18.4 Å². The molecule has 1 atom stereocenters. The third kappa shape index (κ3) is 4.62. The van der Waals surface area contributed by atoms with Crippen molar-refractivity contribution < 1.29 is 17.9 Å². The van der Waals surface area contributed by atoms with Crippen LogP contribution >= 0.6 is 0 Å². The number of piperazine rings is 1. The zero-order valence-corrected chi connectivity index (χ0v) is 18.2. The molecule has 0 N–H and O–H groups in total. The molecule has 2 heterocycles. The summed E-state index contributed by atoms with van der Waals surface area (Å²) in [6.45, 7) is 3.31. The zero-order valence-electron chi connectivity index (χ0n) is 17.4. The molecule has 1 saturated heterocycles. The van der Waals surface area contributed by atoms with E-state index < -0.39 is 10.0 Å². The summed E-state index contributed by atoms with van der Waals surface area (Å²) in [6, 6.07) is 17.3. The smallest absolute Gasteiger partial charge is 0.243 e. The Morgan fingerprint density at radius 1 is 0.968 bits per heavy atom. The maximum atomic E-state index is 13.0. The van der Waals surface area contributed by atoms with Crippen molar-refractivity contribution in [2.75, 3.05) is 31.6 Å². The highest BCUT2D eigenvalue weighted by Gasteiger charge is 2.34. The lowest BCUT2D eigenvalue weighted by atomic mass is 10.2. The van der Waals surface area contributed by atoms with Crippen LogP contribution in [0.25, 0.3) is 0 Å². The highest BCUT2D eigenvalue weighted by molar-refractivity contribution is 7.89. The molecule has 8 nitrogen and oxygen atoms in total. The number of aromatic nitrogens is 2. The monoisotopic (exact) mass is 440 g/mol. The molecule has 0 radical (unpaired) electrons. The quantitative estimate of drug-likeness (QED) is 0.582. The van der Waals surface area contributed by atoms with Gasteiger partial charge >= 0.3 is 0 Å². The standard InChI is InChI=1S/C22H24N4O4S/c1-17-15-25(11-12-26(17)31(27,28)20-9-4-3-5-10-20)21-14-22(24-16-23-21)30-19-8-6-7-18(13-19)29-2/h3-10,13-14,16-17H,11-12,15H2,1-2H3/t17-/m0/s1.